The van der Waals surface area contributed by atoms with Crippen molar-refractivity contribution in [3.8, 4) is 11.1 Å². The molecule has 0 aliphatic carbocycles. The fourth-order valence-corrected chi connectivity index (χ4v) is 4.53. The lowest BCUT2D eigenvalue weighted by molar-refractivity contribution is 0.0860. The van der Waals surface area contributed by atoms with Gasteiger partial charge in [-0.15, -0.1) is 0 Å². The van der Waals surface area contributed by atoms with E-state index in [1.54, 1.807) is 17.0 Å². The summed E-state index contributed by atoms with van der Waals surface area (Å²) in [6.45, 7) is 1.06. The minimum Gasteiger partial charge on any atom is -0.286 e. The Kier molecular flexibility index (Phi) is 5.97. The van der Waals surface area contributed by atoms with E-state index < -0.39 is 0 Å². The summed E-state index contributed by atoms with van der Waals surface area (Å²) in [5.74, 6) is -0.132. The Morgan fingerprint density at radius 3 is 2.45 bits per heavy atom. The number of thioether (sulfide) groups is 1. The molecule has 3 aromatic carbocycles. The van der Waals surface area contributed by atoms with Crippen LogP contribution in [0.5, 0.6) is 0 Å². The maximum Gasteiger partial charge on any atom is 0.259 e. The molecule has 0 saturated carbocycles. The summed E-state index contributed by atoms with van der Waals surface area (Å²) in [6.07, 6.45) is 0. The Labute approximate surface area is 178 Å². The third-order valence-corrected chi connectivity index (χ3v) is 6.09. The molecule has 6 heteroatoms. The third-order valence-electron chi connectivity index (χ3n) is 4.69. The van der Waals surface area contributed by atoms with Crippen LogP contribution >= 0.6 is 23.4 Å². The number of carbonyl (C=O) groups excluding carboxylic acids is 1. The van der Waals surface area contributed by atoms with Crippen LogP contribution in [0, 0.1) is 5.82 Å². The molecule has 29 heavy (non-hydrogen) atoms. The van der Waals surface area contributed by atoms with Gasteiger partial charge in [0.1, 0.15) is 5.82 Å². The second-order valence-corrected chi connectivity index (χ2v) is 7.90. The van der Waals surface area contributed by atoms with E-state index in [1.807, 2.05) is 54.6 Å². The number of amidine groups is 1. The topological polar surface area (TPSA) is 32.7 Å². The first-order valence-corrected chi connectivity index (χ1v) is 10.6. The van der Waals surface area contributed by atoms with Crippen molar-refractivity contribution in [1.29, 1.82) is 0 Å². The SMILES string of the molecule is O=C(c1ccc(-c2ccccc2)cc1)N1CCN=C1SCc1c(F)cccc1Cl. The van der Waals surface area contributed by atoms with E-state index in [2.05, 4.69) is 4.99 Å². The van der Waals surface area contributed by atoms with E-state index in [0.29, 0.717) is 40.2 Å². The Morgan fingerprint density at radius 2 is 1.72 bits per heavy atom. The van der Waals surface area contributed by atoms with Crippen LogP contribution < -0.4 is 0 Å². The van der Waals surface area contributed by atoms with E-state index >= 15 is 0 Å². The van der Waals surface area contributed by atoms with Gasteiger partial charge in [-0.2, -0.15) is 0 Å². The predicted octanol–water partition coefficient (Wildman–Crippen LogP) is 5.89. The second kappa shape index (κ2) is 8.80. The quantitative estimate of drug-likeness (QED) is 0.523. The second-order valence-electron chi connectivity index (χ2n) is 6.55. The van der Waals surface area contributed by atoms with Crippen molar-refractivity contribution in [2.24, 2.45) is 4.99 Å². The summed E-state index contributed by atoms with van der Waals surface area (Å²) in [5.41, 5.74) is 3.19. The average Bonchev–Trinajstić information content (AvgIpc) is 3.22. The highest BCUT2D eigenvalue weighted by atomic mass is 35.5. The van der Waals surface area contributed by atoms with E-state index in [9.17, 15) is 9.18 Å². The predicted molar refractivity (Wildman–Crippen MR) is 118 cm³/mol. The Hall–Kier alpha value is -2.63. The number of benzene rings is 3. The van der Waals surface area contributed by atoms with Crippen LogP contribution in [-0.2, 0) is 5.75 Å². The van der Waals surface area contributed by atoms with E-state index in [1.165, 1.54) is 17.8 Å². The van der Waals surface area contributed by atoms with Gasteiger partial charge in [0.25, 0.3) is 5.91 Å². The minimum atomic E-state index is -0.349. The lowest BCUT2D eigenvalue weighted by Gasteiger charge is -2.18. The summed E-state index contributed by atoms with van der Waals surface area (Å²) >= 11 is 7.43. The molecule has 4 rings (SSSR count). The van der Waals surface area contributed by atoms with Gasteiger partial charge in [0.2, 0.25) is 0 Å². The summed E-state index contributed by atoms with van der Waals surface area (Å²) in [6, 6.07) is 22.2. The van der Waals surface area contributed by atoms with Gasteiger partial charge in [0.05, 0.1) is 6.54 Å². The molecule has 0 bridgehead atoms. The number of halogens is 2. The molecule has 1 amide bonds. The Morgan fingerprint density at radius 1 is 1.00 bits per heavy atom. The molecule has 0 N–H and O–H groups in total. The van der Waals surface area contributed by atoms with E-state index in [-0.39, 0.29) is 11.7 Å². The minimum absolute atomic E-state index is 0.104. The van der Waals surface area contributed by atoms with Gasteiger partial charge in [-0.25, -0.2) is 4.39 Å². The molecule has 0 fully saturated rings. The van der Waals surface area contributed by atoms with Crippen LogP contribution in [0.2, 0.25) is 5.02 Å². The van der Waals surface area contributed by atoms with Crippen molar-refractivity contribution in [3.05, 3.63) is 94.8 Å². The van der Waals surface area contributed by atoms with Crippen LogP contribution in [0.1, 0.15) is 15.9 Å². The van der Waals surface area contributed by atoms with Gasteiger partial charge < -0.3 is 0 Å². The van der Waals surface area contributed by atoms with Crippen LogP contribution in [0.4, 0.5) is 4.39 Å². The van der Waals surface area contributed by atoms with Crippen molar-refractivity contribution in [2.75, 3.05) is 13.1 Å². The number of hydrogen-bond donors (Lipinski definition) is 0. The van der Waals surface area contributed by atoms with Crippen molar-refractivity contribution in [3.63, 3.8) is 0 Å². The first kappa shape index (κ1) is 19.7. The summed E-state index contributed by atoms with van der Waals surface area (Å²) in [5, 5.41) is 0.979. The standard InChI is InChI=1S/C23H18ClFN2OS/c24-20-7-4-8-21(25)19(20)15-29-23-26-13-14-27(23)22(28)18-11-9-17(10-12-18)16-5-2-1-3-6-16/h1-12H,13-15H2. The fourth-order valence-electron chi connectivity index (χ4n) is 3.14. The molecule has 0 unspecified atom stereocenters. The van der Waals surface area contributed by atoms with Gasteiger partial charge in [-0.3, -0.25) is 14.7 Å². The summed E-state index contributed by atoms with van der Waals surface area (Å²) < 4.78 is 14.0. The van der Waals surface area contributed by atoms with Crippen molar-refractivity contribution >= 4 is 34.4 Å². The molecule has 3 aromatic rings. The average molecular weight is 425 g/mol. The molecule has 0 spiro atoms. The lowest BCUT2D eigenvalue weighted by atomic mass is 10.0. The Balaban J connectivity index is 1.46. The largest absolute Gasteiger partial charge is 0.286 e. The molecule has 0 aromatic heterocycles. The van der Waals surface area contributed by atoms with Crippen LogP contribution in [0.25, 0.3) is 11.1 Å². The number of nitrogens with zero attached hydrogens (tertiary/aromatic N) is 2. The van der Waals surface area contributed by atoms with E-state index in [0.717, 1.165) is 11.1 Å². The number of rotatable bonds is 4. The monoisotopic (exact) mass is 424 g/mol. The number of amides is 1. The fraction of sp³-hybridized carbons (Fsp3) is 0.130. The third kappa shape index (κ3) is 4.36. The van der Waals surface area contributed by atoms with Gasteiger partial charge in [-0.05, 0) is 35.4 Å². The van der Waals surface area contributed by atoms with Crippen molar-refractivity contribution in [1.82, 2.24) is 4.90 Å². The van der Waals surface area contributed by atoms with Gasteiger partial charge in [0, 0.05) is 28.4 Å². The van der Waals surface area contributed by atoms with Crippen molar-refractivity contribution < 1.29 is 9.18 Å². The Bertz CT molecular complexity index is 1030. The van der Waals surface area contributed by atoms with E-state index in [4.69, 9.17) is 11.6 Å². The number of hydrogen-bond acceptors (Lipinski definition) is 3. The number of aliphatic imine (C=N–C) groups is 1. The number of carbonyl (C=O) groups is 1. The lowest BCUT2D eigenvalue weighted by Crippen LogP contribution is -2.32. The smallest absolute Gasteiger partial charge is 0.259 e. The highest BCUT2D eigenvalue weighted by Crippen LogP contribution is 2.27. The maximum atomic E-state index is 14.0. The van der Waals surface area contributed by atoms with Crippen molar-refractivity contribution in [2.45, 2.75) is 5.75 Å². The highest BCUT2D eigenvalue weighted by Gasteiger charge is 2.25. The summed E-state index contributed by atoms with van der Waals surface area (Å²) in [7, 11) is 0. The molecular weight excluding hydrogens is 407 g/mol. The molecule has 1 heterocycles. The molecule has 0 saturated heterocycles. The molecule has 146 valence electrons. The van der Waals surface area contributed by atoms with Gasteiger partial charge >= 0.3 is 0 Å². The molecule has 0 atom stereocenters. The molecular formula is C23H18ClFN2OS. The van der Waals surface area contributed by atoms with Crippen LogP contribution in [0.3, 0.4) is 0 Å². The highest BCUT2D eigenvalue weighted by molar-refractivity contribution is 8.13. The first-order valence-electron chi connectivity index (χ1n) is 9.21. The van der Waals surface area contributed by atoms with Gasteiger partial charge in [-0.1, -0.05) is 71.9 Å². The first-order chi connectivity index (χ1) is 14.1. The molecule has 1 aliphatic heterocycles. The molecule has 1 aliphatic rings. The molecule has 3 nitrogen and oxygen atoms in total. The zero-order valence-electron chi connectivity index (χ0n) is 15.5. The normalized spacial score (nSPS) is 13.4. The zero-order valence-corrected chi connectivity index (χ0v) is 17.1. The zero-order chi connectivity index (χ0) is 20.2. The van der Waals surface area contributed by atoms with Gasteiger partial charge in [0.15, 0.2) is 5.17 Å². The van der Waals surface area contributed by atoms with Crippen LogP contribution in [0.15, 0.2) is 77.8 Å². The molecule has 0 radical (unpaired) electrons. The van der Waals surface area contributed by atoms with Crippen LogP contribution in [-0.4, -0.2) is 29.1 Å². The summed E-state index contributed by atoms with van der Waals surface area (Å²) in [4.78, 5) is 19.1. The maximum absolute atomic E-state index is 14.0.